The smallest absolute Gasteiger partial charge is 0.200 e. The largest absolute Gasteiger partial charge is 0.504 e. The van der Waals surface area contributed by atoms with Gasteiger partial charge in [-0.1, -0.05) is 60.9 Å². The van der Waals surface area contributed by atoms with Gasteiger partial charge in [-0.3, -0.25) is 14.4 Å². The Morgan fingerprint density at radius 2 is 1.59 bits per heavy atom. The maximum atomic E-state index is 15.5. The summed E-state index contributed by atoms with van der Waals surface area (Å²) in [5, 5.41) is 10.6. The van der Waals surface area contributed by atoms with Crippen LogP contribution in [0.15, 0.2) is 76.6 Å². The third kappa shape index (κ3) is 6.45. The van der Waals surface area contributed by atoms with Crippen molar-refractivity contribution in [1.82, 2.24) is 0 Å². The van der Waals surface area contributed by atoms with Crippen molar-refractivity contribution in [2.75, 3.05) is 14.2 Å². The number of fused-ring (bicyclic) bond motifs is 2. The lowest BCUT2D eigenvalue weighted by Crippen LogP contribution is -2.67. The Hall–Kier alpha value is -3.67. The van der Waals surface area contributed by atoms with Crippen molar-refractivity contribution in [3.05, 3.63) is 82.2 Å². The number of allylic oxidation sites excluding steroid dienone is 9. The van der Waals surface area contributed by atoms with Crippen molar-refractivity contribution in [3.63, 3.8) is 0 Å². The van der Waals surface area contributed by atoms with Crippen LogP contribution in [-0.4, -0.2) is 36.7 Å². The van der Waals surface area contributed by atoms with Gasteiger partial charge in [0, 0.05) is 5.56 Å². The van der Waals surface area contributed by atoms with Gasteiger partial charge in [0.05, 0.1) is 19.6 Å². The van der Waals surface area contributed by atoms with Crippen molar-refractivity contribution in [2.24, 2.45) is 28.1 Å². The molecule has 6 heteroatoms. The zero-order chi connectivity index (χ0) is 34.8. The summed E-state index contributed by atoms with van der Waals surface area (Å²) in [6, 6.07) is 4.34. The first-order valence-corrected chi connectivity index (χ1v) is 16.3. The highest BCUT2D eigenvalue weighted by Gasteiger charge is 2.72. The molecule has 3 rings (SSSR count). The molecule has 1 saturated carbocycles. The van der Waals surface area contributed by atoms with E-state index in [1.54, 1.807) is 0 Å². The molecule has 2 aliphatic carbocycles. The van der Waals surface area contributed by atoms with Crippen LogP contribution in [0.1, 0.15) is 105 Å². The van der Waals surface area contributed by atoms with Gasteiger partial charge < -0.3 is 14.6 Å². The molecule has 1 fully saturated rings. The molecule has 6 nitrogen and oxygen atoms in total. The number of carbonyl (C=O) groups excluding carboxylic acids is 3. The molecule has 0 saturated heterocycles. The first-order valence-electron chi connectivity index (χ1n) is 16.3. The number of phenolic OH excluding ortho intramolecular Hbond substituents is 1. The summed E-state index contributed by atoms with van der Waals surface area (Å²) in [7, 11) is 2.88. The fraction of sp³-hybridized carbons (Fsp3) is 0.525. The Morgan fingerprint density at radius 3 is 2.09 bits per heavy atom. The predicted octanol–water partition coefficient (Wildman–Crippen LogP) is 9.31. The van der Waals surface area contributed by atoms with Gasteiger partial charge in [0.2, 0.25) is 0 Å². The zero-order valence-corrected chi connectivity index (χ0v) is 29.8. The van der Waals surface area contributed by atoms with E-state index in [1.165, 1.54) is 32.4 Å². The lowest BCUT2D eigenvalue weighted by atomic mass is 9.39. The topological polar surface area (TPSA) is 89.9 Å². The summed E-state index contributed by atoms with van der Waals surface area (Å²) in [4.78, 5) is 45.3. The van der Waals surface area contributed by atoms with E-state index in [0.29, 0.717) is 25.7 Å². The van der Waals surface area contributed by atoms with E-state index in [1.807, 2.05) is 54.5 Å². The average molecular weight is 631 g/mol. The zero-order valence-electron chi connectivity index (χ0n) is 29.8. The van der Waals surface area contributed by atoms with Crippen molar-refractivity contribution in [1.29, 1.82) is 0 Å². The number of Topliss-reactive ketones (excluding diaryl/α,β-unsaturated/α-hetero) is 3. The quantitative estimate of drug-likeness (QED) is 0.101. The first-order chi connectivity index (χ1) is 21.4. The molecule has 1 N–H and O–H groups in total. The van der Waals surface area contributed by atoms with Gasteiger partial charge >= 0.3 is 0 Å². The fourth-order valence-corrected chi connectivity index (χ4v) is 7.53. The summed E-state index contributed by atoms with van der Waals surface area (Å²) in [6.45, 7) is 22.4. The molecule has 46 heavy (non-hydrogen) atoms. The molecule has 0 amide bonds. The van der Waals surface area contributed by atoms with E-state index in [2.05, 4.69) is 32.6 Å². The van der Waals surface area contributed by atoms with Gasteiger partial charge in [-0.2, -0.15) is 0 Å². The van der Waals surface area contributed by atoms with Gasteiger partial charge in [0.15, 0.2) is 28.8 Å². The number of methoxy groups -OCH3 is 2. The van der Waals surface area contributed by atoms with Gasteiger partial charge in [-0.05, 0) is 116 Å². The molecule has 0 aliphatic heterocycles. The molecule has 250 valence electrons. The summed E-state index contributed by atoms with van der Waals surface area (Å²) in [5.41, 5.74) is 0.705. The number of benzene rings is 1. The molecule has 0 radical (unpaired) electrons. The van der Waals surface area contributed by atoms with Crippen molar-refractivity contribution < 1.29 is 29.0 Å². The van der Waals surface area contributed by atoms with Crippen LogP contribution in [0.4, 0.5) is 0 Å². The summed E-state index contributed by atoms with van der Waals surface area (Å²) >= 11 is 0. The molecular weight excluding hydrogens is 576 g/mol. The van der Waals surface area contributed by atoms with Crippen LogP contribution in [0.2, 0.25) is 0 Å². The van der Waals surface area contributed by atoms with Crippen molar-refractivity contribution in [2.45, 2.75) is 94.4 Å². The fourth-order valence-electron chi connectivity index (χ4n) is 7.53. The minimum absolute atomic E-state index is 0.0596. The molecule has 1 aromatic carbocycles. The van der Waals surface area contributed by atoms with E-state index < -0.39 is 27.8 Å². The first kappa shape index (κ1) is 36.8. The molecular formula is C40H54O6. The van der Waals surface area contributed by atoms with Crippen LogP contribution in [0, 0.1) is 28.1 Å². The number of rotatable bonds is 13. The number of aromatic hydroxyl groups is 1. The Balaban J connectivity index is 2.50. The maximum Gasteiger partial charge on any atom is 0.200 e. The molecule has 2 aliphatic rings. The van der Waals surface area contributed by atoms with E-state index >= 15 is 9.59 Å². The van der Waals surface area contributed by atoms with E-state index in [4.69, 9.17) is 9.47 Å². The van der Waals surface area contributed by atoms with Crippen LogP contribution in [0.3, 0.4) is 0 Å². The molecule has 0 spiro atoms. The Labute approximate surface area is 276 Å². The van der Waals surface area contributed by atoms with E-state index in [9.17, 15) is 9.90 Å². The third-order valence-electron chi connectivity index (χ3n) is 10.4. The summed E-state index contributed by atoms with van der Waals surface area (Å²) < 4.78 is 11.3. The number of hydrogen-bond donors (Lipinski definition) is 1. The highest BCUT2D eigenvalue weighted by Crippen LogP contribution is 2.67. The molecule has 2 bridgehead atoms. The minimum atomic E-state index is -1.51. The lowest BCUT2D eigenvalue weighted by molar-refractivity contribution is -0.173. The maximum absolute atomic E-state index is 15.5. The number of phenols is 1. The van der Waals surface area contributed by atoms with Crippen LogP contribution in [0.5, 0.6) is 11.5 Å². The average Bonchev–Trinajstić information content (AvgIpc) is 2.97. The SMILES string of the molecule is C=C(C)[C@H](CC=C(C)C)C[C@]12C[C@H](CC=C(C)C)C(C)(C)[C@](CC=C(C)C)(C(=O)C(C(=O)c3ccc(OC)c(O)c3)=C1OC)C2=O. The highest BCUT2D eigenvalue weighted by atomic mass is 16.5. The molecule has 0 heterocycles. The van der Waals surface area contributed by atoms with Crippen LogP contribution in [-0.2, 0) is 14.3 Å². The van der Waals surface area contributed by atoms with E-state index in [-0.39, 0.29) is 52.4 Å². The highest BCUT2D eigenvalue weighted by molar-refractivity contribution is 6.35. The third-order valence-corrected chi connectivity index (χ3v) is 10.4. The standard InChI is InChI=1S/C40H54O6/c1-24(2)13-15-29(27(7)8)22-39-23-30(17-14-25(3)4)38(9,10)40(37(39)44,20-19-26(5)6)35(43)33(36(39)46-12)34(42)28-16-18-32(45-11)31(41)21-28/h13-14,16,18-19,21,29-30,41H,7,15,17,20,22-23H2,1-6,8-12H3/t29-,30+,39+,40-/m1/s1. The number of carbonyl (C=O) groups is 3. The monoisotopic (exact) mass is 630 g/mol. The van der Waals surface area contributed by atoms with Crippen LogP contribution < -0.4 is 4.74 Å². The Bertz CT molecular complexity index is 1520. The van der Waals surface area contributed by atoms with Gasteiger partial charge in [-0.15, -0.1) is 0 Å². The number of ketones is 3. The summed E-state index contributed by atoms with van der Waals surface area (Å²) in [6.07, 6.45) is 8.64. The minimum Gasteiger partial charge on any atom is -0.504 e. The van der Waals surface area contributed by atoms with Crippen LogP contribution >= 0.6 is 0 Å². The molecule has 1 aromatic rings. The van der Waals surface area contributed by atoms with Crippen LogP contribution in [0.25, 0.3) is 0 Å². The second-order valence-corrected chi connectivity index (χ2v) is 14.7. The number of hydrogen-bond acceptors (Lipinski definition) is 6. The molecule has 0 unspecified atom stereocenters. The molecule has 4 atom stereocenters. The predicted molar refractivity (Wildman–Crippen MR) is 185 cm³/mol. The summed E-state index contributed by atoms with van der Waals surface area (Å²) in [5.74, 6) is -1.28. The van der Waals surface area contributed by atoms with Gasteiger partial charge in [0.25, 0.3) is 0 Å². The molecule has 0 aromatic heterocycles. The Kier molecular flexibility index (Phi) is 11.2. The van der Waals surface area contributed by atoms with Gasteiger partial charge in [-0.25, -0.2) is 0 Å². The van der Waals surface area contributed by atoms with E-state index in [0.717, 1.165) is 22.3 Å². The Morgan fingerprint density at radius 1 is 0.978 bits per heavy atom. The normalized spacial score (nSPS) is 24.1. The second-order valence-electron chi connectivity index (χ2n) is 14.7. The lowest BCUT2D eigenvalue weighted by Gasteiger charge is -2.61. The van der Waals surface area contributed by atoms with Crippen molar-refractivity contribution >= 4 is 17.3 Å². The number of ether oxygens (including phenoxy) is 2. The van der Waals surface area contributed by atoms with Gasteiger partial charge in [0.1, 0.15) is 16.7 Å². The second kappa shape index (κ2) is 14.0. The van der Waals surface area contributed by atoms with Crippen molar-refractivity contribution in [3.8, 4) is 11.5 Å².